The Labute approximate surface area is 186 Å². The molecule has 1 atom stereocenters. The van der Waals surface area contributed by atoms with Crippen LogP contribution in [-0.2, 0) is 20.3 Å². The summed E-state index contributed by atoms with van der Waals surface area (Å²) >= 11 is 0. The number of nitrogens with zero attached hydrogens (tertiary/aromatic N) is 1. The molecule has 0 radical (unpaired) electrons. The molecule has 8 heteroatoms. The van der Waals surface area contributed by atoms with Crippen LogP contribution in [0.3, 0.4) is 0 Å². The van der Waals surface area contributed by atoms with Crippen molar-refractivity contribution in [2.24, 2.45) is 0 Å². The van der Waals surface area contributed by atoms with Crippen molar-refractivity contribution in [1.29, 1.82) is 0 Å². The summed E-state index contributed by atoms with van der Waals surface area (Å²) in [6.45, 7) is 3.64. The first kappa shape index (κ1) is 25.9. The smallest absolute Gasteiger partial charge is 0.469 e. The number of carbonyl (C=O) groups excluding carboxylic acids is 1. The Morgan fingerprint density at radius 2 is 1.84 bits per heavy atom. The quantitative estimate of drug-likeness (QED) is 0.290. The minimum absolute atomic E-state index is 0.0259. The lowest BCUT2D eigenvalue weighted by atomic mass is 10.1. The molecule has 1 amide bonds. The SMILES string of the molecule is CCCCCCCCCCOc1cccc(CCC(=O)N2CC[C@@H](OP(=O)(O)O)C2)c1. The zero-order valence-corrected chi connectivity index (χ0v) is 19.6. The van der Waals surface area contributed by atoms with Crippen LogP contribution in [0.2, 0.25) is 0 Å². The highest BCUT2D eigenvalue weighted by molar-refractivity contribution is 7.46. The third kappa shape index (κ3) is 11.2. The van der Waals surface area contributed by atoms with E-state index in [1.807, 2.05) is 24.3 Å². The molecule has 0 unspecified atom stereocenters. The van der Waals surface area contributed by atoms with Gasteiger partial charge in [0, 0.05) is 19.5 Å². The van der Waals surface area contributed by atoms with Crippen molar-refractivity contribution >= 4 is 13.7 Å². The van der Waals surface area contributed by atoms with E-state index in [4.69, 9.17) is 19.0 Å². The number of unbranched alkanes of at least 4 members (excludes halogenated alkanes) is 7. The third-order valence-corrected chi connectivity index (χ3v) is 6.15. The van der Waals surface area contributed by atoms with E-state index in [2.05, 4.69) is 6.92 Å². The standard InChI is InChI=1S/C23H38NO6P/c1-2-3-4-5-6-7-8-9-17-29-21-12-10-11-20(18-21)13-14-23(25)24-16-15-22(19-24)30-31(26,27)28/h10-12,18,22H,2-9,13-17,19H2,1H3,(H2,26,27,28)/t22-/m1/s1. The summed E-state index contributed by atoms with van der Waals surface area (Å²) in [6.07, 6.45) is 11.0. The number of rotatable bonds is 15. The Balaban J connectivity index is 1.62. The maximum Gasteiger partial charge on any atom is 0.469 e. The number of ether oxygens (including phenoxy) is 1. The average molecular weight is 456 g/mol. The first-order valence-corrected chi connectivity index (χ1v) is 13.1. The van der Waals surface area contributed by atoms with Crippen molar-refractivity contribution in [3.05, 3.63) is 29.8 Å². The molecule has 1 aliphatic heterocycles. The lowest BCUT2D eigenvalue weighted by Crippen LogP contribution is -2.30. The summed E-state index contributed by atoms with van der Waals surface area (Å²) in [7, 11) is -4.51. The largest absolute Gasteiger partial charge is 0.494 e. The highest BCUT2D eigenvalue weighted by atomic mass is 31.2. The molecule has 0 saturated carbocycles. The van der Waals surface area contributed by atoms with Gasteiger partial charge in [0.1, 0.15) is 5.75 Å². The van der Waals surface area contributed by atoms with Gasteiger partial charge in [-0.1, -0.05) is 64.0 Å². The Kier molecular flexibility index (Phi) is 11.6. The van der Waals surface area contributed by atoms with Gasteiger partial charge in [0.2, 0.25) is 5.91 Å². The van der Waals surface area contributed by atoms with Crippen molar-refractivity contribution < 1.29 is 28.4 Å². The minimum Gasteiger partial charge on any atom is -0.494 e. The Morgan fingerprint density at radius 3 is 2.55 bits per heavy atom. The molecule has 1 aliphatic rings. The van der Waals surface area contributed by atoms with Gasteiger partial charge in [0.15, 0.2) is 0 Å². The molecule has 31 heavy (non-hydrogen) atoms. The maximum atomic E-state index is 12.4. The van der Waals surface area contributed by atoms with Crippen LogP contribution in [0.15, 0.2) is 24.3 Å². The van der Waals surface area contributed by atoms with E-state index in [0.29, 0.717) is 32.4 Å². The molecule has 7 nitrogen and oxygen atoms in total. The van der Waals surface area contributed by atoms with Gasteiger partial charge < -0.3 is 19.4 Å². The molecule has 1 aromatic rings. The van der Waals surface area contributed by atoms with Crippen molar-refractivity contribution in [1.82, 2.24) is 4.90 Å². The summed E-state index contributed by atoms with van der Waals surface area (Å²) < 4.78 is 21.5. The van der Waals surface area contributed by atoms with Crippen LogP contribution in [0.4, 0.5) is 0 Å². The molecular formula is C23H38NO6P. The van der Waals surface area contributed by atoms with Crippen LogP contribution in [-0.4, -0.2) is 46.4 Å². The van der Waals surface area contributed by atoms with Gasteiger partial charge in [-0.15, -0.1) is 0 Å². The van der Waals surface area contributed by atoms with Crippen LogP contribution in [0.25, 0.3) is 0 Å². The average Bonchev–Trinajstić information content (AvgIpc) is 3.18. The summed E-state index contributed by atoms with van der Waals surface area (Å²) in [5, 5.41) is 0. The fourth-order valence-electron chi connectivity index (χ4n) is 3.86. The Morgan fingerprint density at radius 1 is 1.13 bits per heavy atom. The molecule has 0 aliphatic carbocycles. The lowest BCUT2D eigenvalue weighted by molar-refractivity contribution is -0.130. The van der Waals surface area contributed by atoms with Gasteiger partial charge in [0.05, 0.1) is 12.7 Å². The fraction of sp³-hybridized carbons (Fsp3) is 0.696. The molecule has 0 spiro atoms. The van der Waals surface area contributed by atoms with Crippen LogP contribution < -0.4 is 4.74 Å². The molecule has 1 fully saturated rings. The normalized spacial score (nSPS) is 16.6. The van der Waals surface area contributed by atoms with Gasteiger partial charge >= 0.3 is 7.82 Å². The van der Waals surface area contributed by atoms with Crippen molar-refractivity contribution in [2.45, 2.75) is 83.7 Å². The Bertz CT molecular complexity index is 707. The molecular weight excluding hydrogens is 417 g/mol. The van der Waals surface area contributed by atoms with Crippen LogP contribution in [0.1, 0.15) is 76.7 Å². The number of likely N-dealkylation sites (tertiary alicyclic amines) is 1. The van der Waals surface area contributed by atoms with E-state index >= 15 is 0 Å². The van der Waals surface area contributed by atoms with E-state index in [9.17, 15) is 9.36 Å². The van der Waals surface area contributed by atoms with E-state index in [1.54, 1.807) is 4.90 Å². The van der Waals surface area contributed by atoms with Gasteiger partial charge in [-0.2, -0.15) is 0 Å². The molecule has 176 valence electrons. The highest BCUT2D eigenvalue weighted by Crippen LogP contribution is 2.39. The number of hydrogen-bond acceptors (Lipinski definition) is 4. The second-order valence-corrected chi connectivity index (χ2v) is 9.51. The highest BCUT2D eigenvalue weighted by Gasteiger charge is 2.31. The van der Waals surface area contributed by atoms with Gasteiger partial charge in [-0.25, -0.2) is 4.57 Å². The molecule has 2 N–H and O–H groups in total. The fourth-order valence-corrected chi connectivity index (χ4v) is 4.42. The number of phosphoric acid groups is 1. The Hall–Kier alpha value is -1.40. The molecule has 1 heterocycles. The maximum absolute atomic E-state index is 12.4. The topological polar surface area (TPSA) is 96.3 Å². The van der Waals surface area contributed by atoms with E-state index in [-0.39, 0.29) is 12.5 Å². The second-order valence-electron chi connectivity index (χ2n) is 8.32. The zero-order valence-electron chi connectivity index (χ0n) is 18.7. The van der Waals surface area contributed by atoms with Crippen LogP contribution in [0, 0.1) is 0 Å². The zero-order chi connectivity index (χ0) is 22.5. The monoisotopic (exact) mass is 455 g/mol. The number of phosphoric ester groups is 1. The lowest BCUT2D eigenvalue weighted by Gasteiger charge is -2.17. The minimum atomic E-state index is -4.51. The van der Waals surface area contributed by atoms with Crippen molar-refractivity contribution in [3.63, 3.8) is 0 Å². The number of carbonyl (C=O) groups is 1. The number of amides is 1. The van der Waals surface area contributed by atoms with Crippen LogP contribution >= 0.6 is 7.82 Å². The van der Waals surface area contributed by atoms with Gasteiger partial charge in [-0.05, 0) is 37.0 Å². The van der Waals surface area contributed by atoms with Crippen molar-refractivity contribution in [2.75, 3.05) is 19.7 Å². The summed E-state index contributed by atoms with van der Waals surface area (Å²) in [5.74, 6) is 0.811. The number of aryl methyl sites for hydroxylation is 1. The second kappa shape index (κ2) is 13.9. The summed E-state index contributed by atoms with van der Waals surface area (Å²) in [5.41, 5.74) is 1.05. The number of hydrogen-bond donors (Lipinski definition) is 2. The van der Waals surface area contributed by atoms with Gasteiger partial charge in [-0.3, -0.25) is 9.32 Å². The third-order valence-electron chi connectivity index (χ3n) is 5.58. The summed E-state index contributed by atoms with van der Waals surface area (Å²) in [6, 6.07) is 7.87. The summed E-state index contributed by atoms with van der Waals surface area (Å²) in [4.78, 5) is 31.8. The van der Waals surface area contributed by atoms with Crippen LogP contribution in [0.5, 0.6) is 5.75 Å². The molecule has 1 aromatic carbocycles. The van der Waals surface area contributed by atoms with Gasteiger partial charge in [0.25, 0.3) is 0 Å². The van der Waals surface area contributed by atoms with Crippen molar-refractivity contribution in [3.8, 4) is 5.75 Å². The molecule has 0 aromatic heterocycles. The molecule has 2 rings (SSSR count). The predicted octanol–water partition coefficient (Wildman–Crippen LogP) is 4.85. The number of benzene rings is 1. The first-order valence-electron chi connectivity index (χ1n) is 11.6. The van der Waals surface area contributed by atoms with E-state index in [0.717, 1.165) is 17.7 Å². The van der Waals surface area contributed by atoms with E-state index in [1.165, 1.54) is 44.9 Å². The molecule has 1 saturated heterocycles. The van der Waals surface area contributed by atoms with E-state index < -0.39 is 13.9 Å². The molecule has 0 bridgehead atoms. The first-order chi connectivity index (χ1) is 14.9. The predicted molar refractivity (Wildman–Crippen MR) is 121 cm³/mol.